The summed E-state index contributed by atoms with van der Waals surface area (Å²) in [7, 11) is 7.12. The maximum Gasteiger partial charge on any atom is 0.259 e. The monoisotopic (exact) mass is 408 g/mol. The maximum atomic E-state index is 12.5. The van der Waals surface area contributed by atoms with E-state index in [2.05, 4.69) is 15.2 Å². The van der Waals surface area contributed by atoms with E-state index in [0.717, 1.165) is 53.2 Å². The van der Waals surface area contributed by atoms with Crippen molar-refractivity contribution in [2.75, 3.05) is 34.4 Å². The molecule has 1 saturated heterocycles. The number of aromatic nitrogens is 2. The van der Waals surface area contributed by atoms with Gasteiger partial charge in [0.2, 0.25) is 0 Å². The van der Waals surface area contributed by atoms with E-state index in [1.54, 1.807) is 38.2 Å². The van der Waals surface area contributed by atoms with Gasteiger partial charge in [-0.1, -0.05) is 0 Å². The molecule has 0 aliphatic carbocycles. The van der Waals surface area contributed by atoms with Crippen LogP contribution in [0.2, 0.25) is 0 Å². The zero-order chi connectivity index (χ0) is 21.3. The molecular formula is C23H28N4O3. The van der Waals surface area contributed by atoms with Gasteiger partial charge in [0.15, 0.2) is 0 Å². The fraction of sp³-hybridized carbons (Fsp3) is 0.391. The molecule has 0 bridgehead atoms. The van der Waals surface area contributed by atoms with Gasteiger partial charge < -0.3 is 19.4 Å². The number of ether oxygens (including phenoxy) is 2. The molecule has 4 rings (SSSR count). The zero-order valence-electron chi connectivity index (χ0n) is 17.9. The highest BCUT2D eigenvalue weighted by Gasteiger charge is 2.29. The first-order chi connectivity index (χ1) is 14.6. The number of pyridine rings is 2. The average molecular weight is 409 g/mol. The number of hydrogen-bond donors (Lipinski definition) is 1. The number of aryl methyl sites for hydroxylation is 1. The molecule has 1 aromatic carbocycles. The normalized spacial score (nSPS) is 16.5. The number of fused-ring (bicyclic) bond motifs is 1. The van der Waals surface area contributed by atoms with Crippen LogP contribution in [0.1, 0.15) is 12.0 Å². The van der Waals surface area contributed by atoms with Gasteiger partial charge >= 0.3 is 0 Å². The Morgan fingerprint density at radius 2 is 1.93 bits per heavy atom. The van der Waals surface area contributed by atoms with E-state index >= 15 is 0 Å². The minimum Gasteiger partial charge on any atom is -0.496 e. The van der Waals surface area contributed by atoms with Gasteiger partial charge in [0.1, 0.15) is 11.5 Å². The highest BCUT2D eigenvalue weighted by atomic mass is 16.5. The highest BCUT2D eigenvalue weighted by Crippen LogP contribution is 2.38. The van der Waals surface area contributed by atoms with Crippen molar-refractivity contribution in [1.82, 2.24) is 19.8 Å². The van der Waals surface area contributed by atoms with Crippen molar-refractivity contribution in [3.05, 3.63) is 52.7 Å². The molecule has 0 radical (unpaired) electrons. The van der Waals surface area contributed by atoms with E-state index in [1.807, 2.05) is 31.4 Å². The molecule has 1 fully saturated rings. The van der Waals surface area contributed by atoms with Crippen LogP contribution in [-0.4, -0.2) is 54.8 Å². The summed E-state index contributed by atoms with van der Waals surface area (Å²) in [6.45, 7) is 2.82. The molecule has 2 aromatic heterocycles. The van der Waals surface area contributed by atoms with Crippen LogP contribution in [0.3, 0.4) is 0 Å². The van der Waals surface area contributed by atoms with Crippen molar-refractivity contribution in [1.29, 1.82) is 0 Å². The Hall–Kier alpha value is -2.90. The summed E-state index contributed by atoms with van der Waals surface area (Å²) in [5, 5.41) is 4.72. The smallest absolute Gasteiger partial charge is 0.259 e. The van der Waals surface area contributed by atoms with E-state index in [1.165, 1.54) is 6.42 Å². The van der Waals surface area contributed by atoms with Gasteiger partial charge in [0, 0.05) is 56.9 Å². The number of benzene rings is 1. The first-order valence-electron chi connectivity index (χ1n) is 10.1. The Kier molecular flexibility index (Phi) is 5.74. The summed E-state index contributed by atoms with van der Waals surface area (Å²) in [6, 6.07) is 6.47. The first-order valence-corrected chi connectivity index (χ1v) is 10.1. The summed E-state index contributed by atoms with van der Waals surface area (Å²) >= 11 is 0. The van der Waals surface area contributed by atoms with E-state index in [9.17, 15) is 4.79 Å². The van der Waals surface area contributed by atoms with Gasteiger partial charge in [-0.05, 0) is 42.6 Å². The minimum atomic E-state index is -0.0641. The molecule has 0 amide bonds. The van der Waals surface area contributed by atoms with Crippen LogP contribution in [0.25, 0.3) is 21.9 Å². The summed E-state index contributed by atoms with van der Waals surface area (Å²) in [4.78, 5) is 19.1. The van der Waals surface area contributed by atoms with Crippen molar-refractivity contribution < 1.29 is 9.47 Å². The number of nitrogens with zero attached hydrogens (tertiary/aromatic N) is 3. The highest BCUT2D eigenvalue weighted by molar-refractivity contribution is 5.95. The predicted octanol–water partition coefficient (Wildman–Crippen LogP) is 2.41. The molecule has 1 aliphatic rings. The Labute approximate surface area is 176 Å². The molecule has 7 heteroatoms. The van der Waals surface area contributed by atoms with Gasteiger partial charge in [-0.15, -0.1) is 0 Å². The SMILES string of the molecule is CNCC1CCN1Cc1c(OC)cc(-c2cn(C)c(=O)c3cnccc23)cc1OC. The second-order valence-corrected chi connectivity index (χ2v) is 7.71. The lowest BCUT2D eigenvalue weighted by atomic mass is 9.97. The van der Waals surface area contributed by atoms with Gasteiger partial charge in [0.05, 0.1) is 25.2 Å². The molecule has 0 saturated carbocycles. The molecule has 0 spiro atoms. The summed E-state index contributed by atoms with van der Waals surface area (Å²) in [5.74, 6) is 1.58. The summed E-state index contributed by atoms with van der Waals surface area (Å²) in [6.07, 6.45) is 6.38. The first kappa shape index (κ1) is 20.4. The molecule has 158 valence electrons. The van der Waals surface area contributed by atoms with Crippen molar-refractivity contribution in [3.8, 4) is 22.6 Å². The zero-order valence-corrected chi connectivity index (χ0v) is 17.9. The van der Waals surface area contributed by atoms with E-state index in [-0.39, 0.29) is 5.56 Å². The summed E-state index contributed by atoms with van der Waals surface area (Å²) < 4.78 is 13.1. The topological polar surface area (TPSA) is 68.6 Å². The fourth-order valence-corrected chi connectivity index (χ4v) is 4.21. The lowest BCUT2D eigenvalue weighted by molar-refractivity contribution is 0.0810. The number of likely N-dealkylation sites (tertiary alicyclic amines) is 1. The average Bonchev–Trinajstić information content (AvgIpc) is 2.77. The molecule has 3 heterocycles. The van der Waals surface area contributed by atoms with Crippen LogP contribution in [0.5, 0.6) is 11.5 Å². The molecule has 7 nitrogen and oxygen atoms in total. The van der Waals surface area contributed by atoms with Crippen molar-refractivity contribution in [2.24, 2.45) is 7.05 Å². The van der Waals surface area contributed by atoms with Crippen LogP contribution < -0.4 is 20.3 Å². The lowest BCUT2D eigenvalue weighted by Crippen LogP contribution is -2.51. The van der Waals surface area contributed by atoms with Gasteiger partial charge in [-0.25, -0.2) is 0 Å². The third kappa shape index (κ3) is 3.55. The van der Waals surface area contributed by atoms with Crippen molar-refractivity contribution >= 4 is 10.8 Å². The van der Waals surface area contributed by atoms with E-state index < -0.39 is 0 Å². The van der Waals surface area contributed by atoms with Crippen LogP contribution >= 0.6 is 0 Å². The molecule has 3 aromatic rings. The third-order valence-electron chi connectivity index (χ3n) is 5.97. The third-order valence-corrected chi connectivity index (χ3v) is 5.97. The van der Waals surface area contributed by atoms with E-state index in [4.69, 9.17) is 9.47 Å². The Morgan fingerprint density at radius 1 is 1.20 bits per heavy atom. The standard InChI is InChI=1S/C23H28N4O3/c1-24-11-16-6-8-27(16)14-20-21(29-3)9-15(10-22(20)30-4)19-13-26(2)23(28)18-12-25-7-5-17(18)19/h5,7,9-10,12-13,16,24H,6,8,11,14H2,1-4H3. The number of rotatable bonds is 7. The van der Waals surface area contributed by atoms with Gasteiger partial charge in [-0.2, -0.15) is 0 Å². The van der Waals surface area contributed by atoms with Crippen LogP contribution in [-0.2, 0) is 13.6 Å². The molecule has 1 unspecified atom stereocenters. The second-order valence-electron chi connectivity index (χ2n) is 7.71. The number of methoxy groups -OCH3 is 2. The lowest BCUT2D eigenvalue weighted by Gasteiger charge is -2.41. The van der Waals surface area contributed by atoms with E-state index in [0.29, 0.717) is 11.4 Å². The summed E-state index contributed by atoms with van der Waals surface area (Å²) in [5.41, 5.74) is 2.86. The molecule has 1 atom stereocenters. The Balaban J connectivity index is 1.81. The van der Waals surface area contributed by atoms with Crippen LogP contribution in [0.4, 0.5) is 0 Å². The number of hydrogen-bond acceptors (Lipinski definition) is 6. The van der Waals surface area contributed by atoms with Gasteiger partial charge in [-0.3, -0.25) is 14.7 Å². The predicted molar refractivity (Wildman–Crippen MR) is 118 cm³/mol. The second kappa shape index (κ2) is 8.45. The van der Waals surface area contributed by atoms with Crippen molar-refractivity contribution in [3.63, 3.8) is 0 Å². The number of likely N-dealkylation sites (N-methyl/N-ethyl adjacent to an activating group) is 1. The van der Waals surface area contributed by atoms with Gasteiger partial charge in [0.25, 0.3) is 5.56 Å². The molecule has 1 N–H and O–H groups in total. The number of nitrogens with one attached hydrogen (secondary N) is 1. The Bertz CT molecular complexity index is 1100. The van der Waals surface area contributed by atoms with Crippen molar-refractivity contribution in [2.45, 2.75) is 19.0 Å². The fourth-order valence-electron chi connectivity index (χ4n) is 4.21. The molecular weight excluding hydrogens is 380 g/mol. The molecule has 30 heavy (non-hydrogen) atoms. The van der Waals surface area contributed by atoms with Crippen LogP contribution in [0, 0.1) is 0 Å². The Morgan fingerprint density at radius 3 is 2.53 bits per heavy atom. The quantitative estimate of drug-likeness (QED) is 0.648. The maximum absolute atomic E-state index is 12.5. The minimum absolute atomic E-state index is 0.0641. The largest absolute Gasteiger partial charge is 0.496 e. The van der Waals surface area contributed by atoms with Crippen LogP contribution in [0.15, 0.2) is 41.6 Å². The molecule has 1 aliphatic heterocycles.